The molecule has 0 aliphatic carbocycles. The molecule has 1 N–H and O–H groups in total. The molecule has 0 unspecified atom stereocenters. The van der Waals surface area contributed by atoms with Crippen LogP contribution in [-0.2, 0) is 4.74 Å². The van der Waals surface area contributed by atoms with Crippen LogP contribution in [0.25, 0.3) is 0 Å². The maximum atomic E-state index is 12.7. The van der Waals surface area contributed by atoms with Gasteiger partial charge >= 0.3 is 12.1 Å². The Balaban J connectivity index is 2.25. The van der Waals surface area contributed by atoms with Crippen molar-refractivity contribution in [1.82, 2.24) is 10.2 Å². The van der Waals surface area contributed by atoms with Crippen molar-refractivity contribution in [3.8, 4) is 0 Å². The van der Waals surface area contributed by atoms with Crippen LogP contribution >= 0.6 is 0 Å². The van der Waals surface area contributed by atoms with Crippen molar-refractivity contribution < 1.29 is 14.3 Å². The van der Waals surface area contributed by atoms with E-state index in [1.54, 1.807) is 49.9 Å². The number of urea groups is 1. The van der Waals surface area contributed by atoms with E-state index in [0.29, 0.717) is 18.8 Å². The third-order valence-electron chi connectivity index (χ3n) is 3.11. The summed E-state index contributed by atoms with van der Waals surface area (Å²) in [5.41, 5.74) is -0.184. The molecular weight excluding hydrogens is 282 g/mol. The van der Waals surface area contributed by atoms with Crippen LogP contribution in [0.5, 0.6) is 0 Å². The number of ether oxygens (including phenoxy) is 1. The molecule has 0 aromatic heterocycles. The predicted octanol–water partition coefficient (Wildman–Crippen LogP) is 2.25. The highest BCUT2D eigenvalue weighted by molar-refractivity contribution is 6.11. The molecule has 0 spiro atoms. The van der Waals surface area contributed by atoms with Crippen LogP contribution in [0.3, 0.4) is 0 Å². The molecule has 3 amide bonds. The summed E-state index contributed by atoms with van der Waals surface area (Å²) in [6, 6.07) is 9.19. The molecule has 119 valence electrons. The number of imide groups is 1. The van der Waals surface area contributed by atoms with Gasteiger partial charge in [0.05, 0.1) is 5.69 Å². The lowest BCUT2D eigenvalue weighted by atomic mass is 10.2. The number of amides is 3. The van der Waals surface area contributed by atoms with Crippen LogP contribution < -0.4 is 10.2 Å². The van der Waals surface area contributed by atoms with Crippen LogP contribution in [-0.4, -0.2) is 48.8 Å². The van der Waals surface area contributed by atoms with Crippen LogP contribution in [0.2, 0.25) is 0 Å². The highest BCUT2D eigenvalue weighted by Crippen LogP contribution is 2.20. The van der Waals surface area contributed by atoms with Crippen molar-refractivity contribution in [2.75, 3.05) is 31.1 Å². The fourth-order valence-corrected chi connectivity index (χ4v) is 2.13. The van der Waals surface area contributed by atoms with Gasteiger partial charge in [-0.1, -0.05) is 12.1 Å². The number of anilines is 1. The average molecular weight is 304 g/mol. The molecule has 1 aliphatic heterocycles. The minimum absolute atomic E-state index is 0.359. The average Bonchev–Trinajstić information content (AvgIpc) is 2.47. The number of rotatable bonds is 1. The molecule has 1 aromatic rings. The fourth-order valence-electron chi connectivity index (χ4n) is 2.13. The molecule has 6 heteroatoms. The molecule has 1 heterocycles. The summed E-state index contributed by atoms with van der Waals surface area (Å²) >= 11 is 0. The van der Waals surface area contributed by atoms with E-state index >= 15 is 0 Å². The fraction of sp³-hybridized carbons (Fsp3) is 0.500. The summed E-state index contributed by atoms with van der Waals surface area (Å²) in [5, 5.41) is 3.18. The van der Waals surface area contributed by atoms with E-state index < -0.39 is 11.7 Å². The van der Waals surface area contributed by atoms with Gasteiger partial charge in [0.25, 0.3) is 0 Å². The van der Waals surface area contributed by atoms with E-state index in [2.05, 4.69) is 11.4 Å². The number of piperazine rings is 1. The lowest BCUT2D eigenvalue weighted by molar-refractivity contribution is 0.0583. The first kappa shape index (κ1) is 16.3. The van der Waals surface area contributed by atoms with Gasteiger partial charge in [0.2, 0.25) is 0 Å². The lowest BCUT2D eigenvalue weighted by Crippen LogP contribution is -2.54. The van der Waals surface area contributed by atoms with Crippen LogP contribution in [0, 0.1) is 6.07 Å². The number of carbonyl (C=O) groups excluding carboxylic acids is 2. The summed E-state index contributed by atoms with van der Waals surface area (Å²) < 4.78 is 5.38. The van der Waals surface area contributed by atoms with E-state index in [-0.39, 0.29) is 6.03 Å². The van der Waals surface area contributed by atoms with Gasteiger partial charge in [-0.05, 0) is 39.0 Å². The number of nitrogens with zero attached hydrogens (tertiary/aromatic N) is 2. The second kappa shape index (κ2) is 6.79. The van der Waals surface area contributed by atoms with Crippen molar-refractivity contribution in [3.63, 3.8) is 0 Å². The van der Waals surface area contributed by atoms with Crippen LogP contribution in [0.4, 0.5) is 15.3 Å². The standard InChI is InChI=1S/C16H22N3O3/c1-16(2,3)22-15(21)19(13-7-5-4-6-8-13)14(20)18-11-9-17-10-12-18/h5-8,17H,9-12H2,1-3H3. The van der Waals surface area contributed by atoms with Gasteiger partial charge in [-0.15, -0.1) is 0 Å². The van der Waals surface area contributed by atoms with Gasteiger partial charge in [0.1, 0.15) is 5.60 Å². The van der Waals surface area contributed by atoms with E-state index in [9.17, 15) is 9.59 Å². The van der Waals surface area contributed by atoms with E-state index in [1.165, 1.54) is 0 Å². The smallest absolute Gasteiger partial charge is 0.423 e. The Morgan fingerprint density at radius 3 is 2.36 bits per heavy atom. The van der Waals surface area contributed by atoms with Crippen molar-refractivity contribution >= 4 is 17.8 Å². The SMILES string of the molecule is CC(C)(C)OC(=O)N(C(=O)N1CCNCC1)c1cc[c]cc1. The number of hydrogen-bond donors (Lipinski definition) is 1. The summed E-state index contributed by atoms with van der Waals surface area (Å²) in [6.07, 6.45) is -0.665. The second-order valence-electron chi connectivity index (χ2n) is 6.09. The van der Waals surface area contributed by atoms with Gasteiger partial charge in [-0.3, -0.25) is 0 Å². The molecule has 1 aliphatic rings. The summed E-state index contributed by atoms with van der Waals surface area (Å²) in [6.45, 7) is 7.90. The Morgan fingerprint density at radius 2 is 1.82 bits per heavy atom. The van der Waals surface area contributed by atoms with Crippen molar-refractivity contribution in [2.24, 2.45) is 0 Å². The third kappa shape index (κ3) is 4.21. The Bertz CT molecular complexity index is 519. The van der Waals surface area contributed by atoms with E-state index in [1.807, 2.05) is 0 Å². The summed E-state index contributed by atoms with van der Waals surface area (Å²) in [7, 11) is 0. The van der Waals surface area contributed by atoms with Crippen molar-refractivity contribution in [3.05, 3.63) is 30.3 Å². The maximum Gasteiger partial charge on any atom is 0.423 e. The zero-order valence-electron chi connectivity index (χ0n) is 13.3. The van der Waals surface area contributed by atoms with Gasteiger partial charge < -0.3 is 15.0 Å². The number of nitrogens with one attached hydrogen (secondary N) is 1. The van der Waals surface area contributed by atoms with E-state index in [0.717, 1.165) is 18.0 Å². The molecule has 1 radical (unpaired) electrons. The molecular formula is C16H22N3O3. The largest absolute Gasteiger partial charge is 0.443 e. The first-order valence-corrected chi connectivity index (χ1v) is 7.37. The molecule has 2 rings (SSSR count). The van der Waals surface area contributed by atoms with Gasteiger partial charge in [0.15, 0.2) is 0 Å². The van der Waals surface area contributed by atoms with Crippen molar-refractivity contribution in [1.29, 1.82) is 0 Å². The zero-order chi connectivity index (χ0) is 16.2. The van der Waals surface area contributed by atoms with Crippen LogP contribution in [0.1, 0.15) is 20.8 Å². The molecule has 0 atom stereocenters. The van der Waals surface area contributed by atoms with Gasteiger partial charge in [-0.25, -0.2) is 9.59 Å². The number of carbonyl (C=O) groups is 2. The quantitative estimate of drug-likeness (QED) is 0.864. The molecule has 0 saturated carbocycles. The molecule has 1 aromatic carbocycles. The Labute approximate surface area is 131 Å². The second-order valence-corrected chi connectivity index (χ2v) is 6.09. The van der Waals surface area contributed by atoms with E-state index in [4.69, 9.17) is 4.74 Å². The minimum Gasteiger partial charge on any atom is -0.443 e. The normalized spacial score (nSPS) is 15.3. The monoisotopic (exact) mass is 304 g/mol. The Hall–Kier alpha value is -2.08. The maximum absolute atomic E-state index is 12.7. The Morgan fingerprint density at radius 1 is 1.23 bits per heavy atom. The molecule has 6 nitrogen and oxygen atoms in total. The summed E-state index contributed by atoms with van der Waals surface area (Å²) in [5.74, 6) is 0. The number of hydrogen-bond acceptors (Lipinski definition) is 4. The lowest BCUT2D eigenvalue weighted by Gasteiger charge is -2.33. The van der Waals surface area contributed by atoms with Gasteiger partial charge in [0, 0.05) is 26.2 Å². The minimum atomic E-state index is -0.667. The highest BCUT2D eigenvalue weighted by atomic mass is 16.6. The molecule has 1 fully saturated rings. The molecule has 22 heavy (non-hydrogen) atoms. The Kier molecular flexibility index (Phi) is 5.03. The molecule has 0 bridgehead atoms. The topological polar surface area (TPSA) is 61.9 Å². The predicted molar refractivity (Wildman–Crippen MR) is 83.8 cm³/mol. The zero-order valence-corrected chi connectivity index (χ0v) is 13.3. The first-order valence-electron chi connectivity index (χ1n) is 7.37. The third-order valence-corrected chi connectivity index (χ3v) is 3.11. The molecule has 1 saturated heterocycles. The van der Waals surface area contributed by atoms with Crippen LogP contribution in [0.15, 0.2) is 24.3 Å². The number of benzene rings is 1. The van der Waals surface area contributed by atoms with Crippen molar-refractivity contribution in [2.45, 2.75) is 26.4 Å². The highest BCUT2D eigenvalue weighted by Gasteiger charge is 2.32. The first-order chi connectivity index (χ1) is 10.4. The van der Waals surface area contributed by atoms with Gasteiger partial charge in [-0.2, -0.15) is 4.90 Å². The summed E-state index contributed by atoms with van der Waals surface area (Å²) in [4.78, 5) is 28.0.